The van der Waals surface area contributed by atoms with Gasteiger partial charge in [0.05, 0.1) is 6.04 Å². The van der Waals surface area contributed by atoms with Crippen molar-refractivity contribution < 1.29 is 4.79 Å². The van der Waals surface area contributed by atoms with E-state index in [0.717, 1.165) is 30.9 Å². The molecule has 1 atom stereocenters. The zero-order valence-electron chi connectivity index (χ0n) is 13.5. The molecule has 0 radical (unpaired) electrons. The molecule has 2 aromatic rings. The molecule has 1 unspecified atom stereocenters. The van der Waals surface area contributed by atoms with Crippen molar-refractivity contribution in [1.82, 2.24) is 19.5 Å². The fraction of sp³-hybridized carbons (Fsp3) is 0.611. The van der Waals surface area contributed by atoms with Gasteiger partial charge in [-0.15, -0.1) is 10.2 Å². The lowest BCUT2D eigenvalue weighted by atomic mass is 9.86. The van der Waals surface area contributed by atoms with Crippen molar-refractivity contribution in [3.05, 3.63) is 30.2 Å². The summed E-state index contributed by atoms with van der Waals surface area (Å²) in [5.74, 6) is 1.81. The molecule has 5 heteroatoms. The summed E-state index contributed by atoms with van der Waals surface area (Å²) >= 11 is 0. The second-order valence-electron chi connectivity index (χ2n) is 6.94. The molecule has 2 fully saturated rings. The lowest BCUT2D eigenvalue weighted by Crippen LogP contribution is -2.33. The minimum absolute atomic E-state index is 0.0866. The maximum absolute atomic E-state index is 12.8. The predicted octanol–water partition coefficient (Wildman–Crippen LogP) is 3.36. The number of fused-ring (bicyclic) bond motifs is 1. The Kier molecular flexibility index (Phi) is 4.02. The van der Waals surface area contributed by atoms with E-state index in [4.69, 9.17) is 0 Å². The Labute approximate surface area is 136 Å². The fourth-order valence-electron chi connectivity index (χ4n) is 4.18. The predicted molar refractivity (Wildman–Crippen MR) is 87.9 cm³/mol. The summed E-state index contributed by atoms with van der Waals surface area (Å²) in [7, 11) is 0. The number of pyridine rings is 1. The average Bonchev–Trinajstić information content (AvgIpc) is 3.22. The minimum Gasteiger partial charge on any atom is -0.332 e. The highest BCUT2D eigenvalue weighted by Crippen LogP contribution is 2.34. The van der Waals surface area contributed by atoms with Gasteiger partial charge in [0, 0.05) is 19.2 Å². The van der Waals surface area contributed by atoms with E-state index in [1.807, 2.05) is 28.8 Å². The van der Waals surface area contributed by atoms with E-state index in [1.165, 1.54) is 32.1 Å². The second kappa shape index (κ2) is 6.30. The first-order valence-corrected chi connectivity index (χ1v) is 8.92. The first kappa shape index (κ1) is 14.7. The normalized spacial score (nSPS) is 22.8. The molecule has 23 heavy (non-hydrogen) atoms. The molecule has 0 aromatic carbocycles. The first-order chi connectivity index (χ1) is 11.3. The molecule has 4 rings (SSSR count). The van der Waals surface area contributed by atoms with E-state index in [-0.39, 0.29) is 6.04 Å². The monoisotopic (exact) mass is 312 g/mol. The molecule has 1 amide bonds. The summed E-state index contributed by atoms with van der Waals surface area (Å²) in [5, 5.41) is 8.62. The van der Waals surface area contributed by atoms with Gasteiger partial charge < -0.3 is 4.90 Å². The zero-order chi connectivity index (χ0) is 15.6. The van der Waals surface area contributed by atoms with E-state index >= 15 is 0 Å². The third-order valence-electron chi connectivity index (χ3n) is 5.40. The van der Waals surface area contributed by atoms with Gasteiger partial charge in [-0.3, -0.25) is 9.20 Å². The van der Waals surface area contributed by atoms with Crippen LogP contribution in [0, 0.1) is 5.92 Å². The van der Waals surface area contributed by atoms with Gasteiger partial charge >= 0.3 is 0 Å². The highest BCUT2D eigenvalue weighted by Gasteiger charge is 2.34. The molecule has 1 aliphatic heterocycles. The fourth-order valence-corrected chi connectivity index (χ4v) is 4.18. The SMILES string of the molecule is O=C(CC1CCCCC1)N1CCCC1c1nnc2ccccn12. The summed E-state index contributed by atoms with van der Waals surface area (Å²) in [5.41, 5.74) is 0.856. The number of amides is 1. The number of carbonyl (C=O) groups is 1. The summed E-state index contributed by atoms with van der Waals surface area (Å²) in [4.78, 5) is 14.9. The van der Waals surface area contributed by atoms with E-state index in [2.05, 4.69) is 15.1 Å². The van der Waals surface area contributed by atoms with Crippen molar-refractivity contribution in [2.24, 2.45) is 5.92 Å². The Morgan fingerprint density at radius 3 is 2.83 bits per heavy atom. The zero-order valence-corrected chi connectivity index (χ0v) is 13.5. The number of hydrogen-bond acceptors (Lipinski definition) is 3. The Morgan fingerprint density at radius 2 is 1.96 bits per heavy atom. The molecule has 1 aliphatic carbocycles. The Hall–Kier alpha value is -1.91. The molecule has 3 heterocycles. The quantitative estimate of drug-likeness (QED) is 0.873. The third kappa shape index (κ3) is 2.84. The van der Waals surface area contributed by atoms with E-state index in [0.29, 0.717) is 18.2 Å². The van der Waals surface area contributed by atoms with Gasteiger partial charge in [0.15, 0.2) is 11.5 Å². The molecule has 0 N–H and O–H groups in total. The maximum atomic E-state index is 12.8. The number of hydrogen-bond donors (Lipinski definition) is 0. The summed E-state index contributed by atoms with van der Waals surface area (Å²) in [6.07, 6.45) is 11.1. The molecular weight excluding hydrogens is 288 g/mol. The summed E-state index contributed by atoms with van der Waals surface area (Å²) in [6, 6.07) is 6.00. The summed E-state index contributed by atoms with van der Waals surface area (Å²) < 4.78 is 2.02. The molecule has 2 aliphatic rings. The van der Waals surface area contributed by atoms with Crippen molar-refractivity contribution in [1.29, 1.82) is 0 Å². The molecule has 2 aromatic heterocycles. The highest BCUT2D eigenvalue weighted by atomic mass is 16.2. The van der Waals surface area contributed by atoms with Gasteiger partial charge in [-0.1, -0.05) is 25.3 Å². The van der Waals surface area contributed by atoms with Gasteiger partial charge in [-0.05, 0) is 43.7 Å². The first-order valence-electron chi connectivity index (χ1n) is 8.92. The lowest BCUT2D eigenvalue weighted by molar-refractivity contribution is -0.133. The van der Waals surface area contributed by atoms with E-state index in [9.17, 15) is 4.79 Å². The molecule has 5 nitrogen and oxygen atoms in total. The highest BCUT2D eigenvalue weighted by molar-refractivity contribution is 5.77. The van der Waals surface area contributed by atoms with Crippen LogP contribution in [0.3, 0.4) is 0 Å². The van der Waals surface area contributed by atoms with Crippen LogP contribution in [0.15, 0.2) is 24.4 Å². The molecule has 1 saturated heterocycles. The largest absolute Gasteiger partial charge is 0.332 e. The standard InChI is InChI=1S/C18H24N4O/c23-17(13-14-7-2-1-3-8-14)21-12-6-9-15(21)18-20-19-16-10-4-5-11-22(16)18/h4-5,10-11,14-15H,1-3,6-9,12-13H2. The second-order valence-corrected chi connectivity index (χ2v) is 6.94. The van der Waals surface area contributed by atoms with Gasteiger partial charge in [0.2, 0.25) is 5.91 Å². The Balaban J connectivity index is 1.53. The molecular formula is C18H24N4O. The van der Waals surface area contributed by atoms with Crippen molar-refractivity contribution in [2.45, 2.75) is 57.4 Å². The van der Waals surface area contributed by atoms with Gasteiger partial charge in [0.25, 0.3) is 0 Å². The van der Waals surface area contributed by atoms with Crippen LogP contribution in [-0.2, 0) is 4.79 Å². The number of likely N-dealkylation sites (tertiary alicyclic amines) is 1. The van der Waals surface area contributed by atoms with Crippen LogP contribution in [0.1, 0.15) is 63.2 Å². The van der Waals surface area contributed by atoms with Crippen molar-refractivity contribution in [2.75, 3.05) is 6.54 Å². The van der Waals surface area contributed by atoms with Crippen LogP contribution in [-0.4, -0.2) is 31.9 Å². The average molecular weight is 312 g/mol. The maximum Gasteiger partial charge on any atom is 0.223 e. The van der Waals surface area contributed by atoms with Crippen LogP contribution in [0.2, 0.25) is 0 Å². The van der Waals surface area contributed by atoms with Crippen LogP contribution >= 0.6 is 0 Å². The van der Waals surface area contributed by atoms with Crippen LogP contribution in [0.4, 0.5) is 0 Å². The van der Waals surface area contributed by atoms with Crippen molar-refractivity contribution in [3.8, 4) is 0 Å². The number of rotatable bonds is 3. The van der Waals surface area contributed by atoms with E-state index in [1.54, 1.807) is 0 Å². The number of aromatic nitrogens is 3. The topological polar surface area (TPSA) is 50.5 Å². The van der Waals surface area contributed by atoms with Gasteiger partial charge in [0.1, 0.15) is 0 Å². The van der Waals surface area contributed by atoms with Crippen LogP contribution in [0.5, 0.6) is 0 Å². The van der Waals surface area contributed by atoms with Gasteiger partial charge in [-0.2, -0.15) is 0 Å². The van der Waals surface area contributed by atoms with Gasteiger partial charge in [-0.25, -0.2) is 0 Å². The van der Waals surface area contributed by atoms with Crippen molar-refractivity contribution in [3.63, 3.8) is 0 Å². The molecule has 0 spiro atoms. The number of nitrogens with zero attached hydrogens (tertiary/aromatic N) is 4. The lowest BCUT2D eigenvalue weighted by Gasteiger charge is -2.27. The minimum atomic E-state index is 0.0866. The third-order valence-corrected chi connectivity index (χ3v) is 5.40. The molecule has 1 saturated carbocycles. The van der Waals surface area contributed by atoms with Crippen LogP contribution < -0.4 is 0 Å². The van der Waals surface area contributed by atoms with Crippen molar-refractivity contribution >= 4 is 11.6 Å². The smallest absolute Gasteiger partial charge is 0.223 e. The Morgan fingerprint density at radius 1 is 1.09 bits per heavy atom. The number of carbonyl (C=O) groups excluding carboxylic acids is 1. The molecule has 0 bridgehead atoms. The Bertz CT molecular complexity index is 689. The van der Waals surface area contributed by atoms with Crippen LogP contribution in [0.25, 0.3) is 5.65 Å². The summed E-state index contributed by atoms with van der Waals surface area (Å²) in [6.45, 7) is 0.859. The van der Waals surface area contributed by atoms with E-state index < -0.39 is 0 Å². The molecule has 122 valence electrons.